The number of pyridine rings is 1. The molecule has 0 fully saturated rings. The van der Waals surface area contributed by atoms with Gasteiger partial charge in [0.1, 0.15) is 0 Å². The lowest BCUT2D eigenvalue weighted by Gasteiger charge is -2.11. The second kappa shape index (κ2) is 9.11. The molecule has 2 aromatic heterocycles. The maximum atomic E-state index is 5.05. The van der Waals surface area contributed by atoms with Crippen molar-refractivity contribution in [3.8, 4) is 33.9 Å². The van der Waals surface area contributed by atoms with E-state index in [-0.39, 0.29) is 0 Å². The molecule has 0 aliphatic rings. The van der Waals surface area contributed by atoms with Crippen LogP contribution in [0.25, 0.3) is 77.0 Å². The Balaban J connectivity index is 1.34. The Morgan fingerprint density at radius 2 is 0.900 bits per heavy atom. The van der Waals surface area contributed by atoms with Gasteiger partial charge in [0.25, 0.3) is 0 Å². The van der Waals surface area contributed by atoms with Crippen molar-refractivity contribution in [1.82, 2.24) is 15.0 Å². The van der Waals surface area contributed by atoms with E-state index in [1.165, 1.54) is 43.1 Å². The summed E-state index contributed by atoms with van der Waals surface area (Å²) in [6.07, 6.45) is 3.57. The number of hydrogen-bond donors (Lipinski definition) is 0. The van der Waals surface area contributed by atoms with Crippen molar-refractivity contribution in [3.63, 3.8) is 0 Å². The Kier molecular flexibility index (Phi) is 5.14. The van der Waals surface area contributed by atoms with E-state index in [2.05, 4.69) is 120 Å². The van der Waals surface area contributed by atoms with Gasteiger partial charge < -0.3 is 0 Å². The van der Waals surface area contributed by atoms with Crippen molar-refractivity contribution < 1.29 is 0 Å². The third kappa shape index (κ3) is 3.88. The molecule has 0 N–H and O–H groups in total. The van der Waals surface area contributed by atoms with Gasteiger partial charge in [-0.05, 0) is 85.6 Å². The highest BCUT2D eigenvalue weighted by atomic mass is 14.9. The highest BCUT2D eigenvalue weighted by molar-refractivity contribution is 6.08. The zero-order chi connectivity index (χ0) is 26.5. The van der Waals surface area contributed by atoms with E-state index < -0.39 is 0 Å². The highest BCUT2D eigenvalue weighted by Gasteiger charge is 2.12. The van der Waals surface area contributed by atoms with Gasteiger partial charge >= 0.3 is 0 Å². The third-order valence-corrected chi connectivity index (χ3v) is 7.71. The standard InChI is InChI=1S/C37H23N3/c1-2-7-28-20-32-21-30(14-12-29(32)19-27(28)6-1)35-23-36(40-37(39-35)26-15-17-38-18-16-26)31-13-11-25-10-9-24-5-3-4-8-33(24)34(25)22-31/h1-23H. The van der Waals surface area contributed by atoms with Crippen LogP contribution in [-0.4, -0.2) is 15.0 Å². The maximum Gasteiger partial charge on any atom is 0.160 e. The monoisotopic (exact) mass is 509 g/mol. The Morgan fingerprint density at radius 3 is 1.65 bits per heavy atom. The molecule has 8 aromatic rings. The fourth-order valence-corrected chi connectivity index (χ4v) is 5.63. The molecule has 0 aliphatic heterocycles. The van der Waals surface area contributed by atoms with Crippen LogP contribution in [0.15, 0.2) is 140 Å². The molecule has 0 saturated heterocycles. The zero-order valence-corrected chi connectivity index (χ0v) is 21.6. The van der Waals surface area contributed by atoms with Gasteiger partial charge in [0.15, 0.2) is 5.82 Å². The smallest absolute Gasteiger partial charge is 0.160 e. The molecule has 0 radical (unpaired) electrons. The number of benzene rings is 6. The number of aromatic nitrogens is 3. The van der Waals surface area contributed by atoms with E-state index in [0.29, 0.717) is 5.82 Å². The van der Waals surface area contributed by atoms with Crippen LogP contribution in [-0.2, 0) is 0 Å². The Morgan fingerprint density at radius 1 is 0.350 bits per heavy atom. The Bertz CT molecular complexity index is 2220. The minimum absolute atomic E-state index is 0.687. The first-order valence-corrected chi connectivity index (χ1v) is 13.4. The molecule has 3 heteroatoms. The van der Waals surface area contributed by atoms with Gasteiger partial charge in [0, 0.05) is 29.1 Å². The normalized spacial score (nSPS) is 11.5. The SMILES string of the molecule is c1ccc2cc3cc(-c4cc(-c5ccc6ccc7ccccc7c6c5)nc(-c5ccncc5)n4)ccc3cc2c1. The van der Waals surface area contributed by atoms with Crippen molar-refractivity contribution in [2.24, 2.45) is 0 Å². The van der Waals surface area contributed by atoms with E-state index in [0.717, 1.165) is 28.1 Å². The highest BCUT2D eigenvalue weighted by Crippen LogP contribution is 2.33. The molecule has 2 heterocycles. The summed E-state index contributed by atoms with van der Waals surface area (Å²) in [7, 11) is 0. The van der Waals surface area contributed by atoms with E-state index >= 15 is 0 Å². The molecule has 3 nitrogen and oxygen atoms in total. The molecule has 0 spiro atoms. The molecule has 6 aromatic carbocycles. The lowest BCUT2D eigenvalue weighted by Crippen LogP contribution is -1.96. The van der Waals surface area contributed by atoms with Crippen molar-refractivity contribution >= 4 is 43.1 Å². The molecule has 40 heavy (non-hydrogen) atoms. The Labute approximate surface area is 231 Å². The van der Waals surface area contributed by atoms with E-state index in [1.807, 2.05) is 12.1 Å². The predicted octanol–water partition coefficient (Wildman–Crippen LogP) is 9.49. The van der Waals surface area contributed by atoms with Gasteiger partial charge in [-0.15, -0.1) is 0 Å². The van der Waals surface area contributed by atoms with Crippen molar-refractivity contribution in [2.45, 2.75) is 0 Å². The van der Waals surface area contributed by atoms with Crippen LogP contribution in [0.4, 0.5) is 0 Å². The van der Waals surface area contributed by atoms with Gasteiger partial charge in [-0.2, -0.15) is 0 Å². The van der Waals surface area contributed by atoms with Crippen LogP contribution in [0.3, 0.4) is 0 Å². The van der Waals surface area contributed by atoms with Gasteiger partial charge in [-0.3, -0.25) is 4.98 Å². The summed E-state index contributed by atoms with van der Waals surface area (Å²) in [5.74, 6) is 0.687. The van der Waals surface area contributed by atoms with Crippen molar-refractivity contribution in [3.05, 3.63) is 140 Å². The molecule has 186 valence electrons. The van der Waals surface area contributed by atoms with Crippen LogP contribution in [0.1, 0.15) is 0 Å². The summed E-state index contributed by atoms with van der Waals surface area (Å²) in [6, 6.07) is 45.1. The average molecular weight is 510 g/mol. The first-order valence-electron chi connectivity index (χ1n) is 13.4. The first-order chi connectivity index (χ1) is 19.8. The van der Waals surface area contributed by atoms with Crippen LogP contribution < -0.4 is 0 Å². The molecular formula is C37H23N3. The minimum Gasteiger partial charge on any atom is -0.265 e. The topological polar surface area (TPSA) is 38.7 Å². The summed E-state index contributed by atoms with van der Waals surface area (Å²) < 4.78 is 0. The number of nitrogens with zero attached hydrogens (tertiary/aromatic N) is 3. The second-order valence-corrected chi connectivity index (χ2v) is 10.2. The summed E-state index contributed by atoms with van der Waals surface area (Å²) in [5, 5.41) is 9.80. The summed E-state index contributed by atoms with van der Waals surface area (Å²) in [5.41, 5.74) is 4.86. The average Bonchev–Trinajstić information content (AvgIpc) is 3.03. The third-order valence-electron chi connectivity index (χ3n) is 7.71. The maximum absolute atomic E-state index is 5.05. The largest absolute Gasteiger partial charge is 0.265 e. The fraction of sp³-hybridized carbons (Fsp3) is 0. The number of fused-ring (bicyclic) bond motifs is 5. The van der Waals surface area contributed by atoms with Crippen LogP contribution in [0.2, 0.25) is 0 Å². The molecule has 0 aliphatic carbocycles. The summed E-state index contributed by atoms with van der Waals surface area (Å²) in [6.45, 7) is 0. The van der Waals surface area contributed by atoms with E-state index in [4.69, 9.17) is 9.97 Å². The predicted molar refractivity (Wildman–Crippen MR) is 166 cm³/mol. The second-order valence-electron chi connectivity index (χ2n) is 10.2. The van der Waals surface area contributed by atoms with E-state index in [1.54, 1.807) is 12.4 Å². The summed E-state index contributed by atoms with van der Waals surface area (Å²) in [4.78, 5) is 14.3. The van der Waals surface area contributed by atoms with Gasteiger partial charge in [0.2, 0.25) is 0 Å². The van der Waals surface area contributed by atoms with Gasteiger partial charge in [-0.1, -0.05) is 84.9 Å². The molecule has 0 bridgehead atoms. The molecule has 0 saturated carbocycles. The van der Waals surface area contributed by atoms with Gasteiger partial charge in [0.05, 0.1) is 11.4 Å². The zero-order valence-electron chi connectivity index (χ0n) is 21.6. The van der Waals surface area contributed by atoms with Crippen LogP contribution >= 0.6 is 0 Å². The molecule has 0 amide bonds. The lowest BCUT2D eigenvalue weighted by atomic mass is 9.97. The number of rotatable bonds is 3. The van der Waals surface area contributed by atoms with Crippen LogP contribution in [0.5, 0.6) is 0 Å². The minimum atomic E-state index is 0.687. The Hall–Kier alpha value is -5.41. The quantitative estimate of drug-likeness (QED) is 0.176. The van der Waals surface area contributed by atoms with E-state index in [9.17, 15) is 0 Å². The molecule has 0 unspecified atom stereocenters. The summed E-state index contributed by atoms with van der Waals surface area (Å²) >= 11 is 0. The first kappa shape index (κ1) is 22.6. The van der Waals surface area contributed by atoms with Crippen molar-refractivity contribution in [1.29, 1.82) is 0 Å². The van der Waals surface area contributed by atoms with Crippen LogP contribution in [0, 0.1) is 0 Å². The molecule has 0 atom stereocenters. The van der Waals surface area contributed by atoms with Gasteiger partial charge in [-0.25, -0.2) is 9.97 Å². The number of hydrogen-bond acceptors (Lipinski definition) is 3. The fourth-order valence-electron chi connectivity index (χ4n) is 5.63. The van der Waals surface area contributed by atoms with Crippen molar-refractivity contribution in [2.75, 3.05) is 0 Å². The molecule has 8 rings (SSSR count). The lowest BCUT2D eigenvalue weighted by molar-refractivity contribution is 1.18. The molecular weight excluding hydrogens is 486 g/mol.